The van der Waals surface area contributed by atoms with Crippen molar-refractivity contribution in [2.75, 3.05) is 6.61 Å². The molecule has 5 rings (SSSR count). The molecule has 46 heavy (non-hydrogen) atoms. The van der Waals surface area contributed by atoms with Gasteiger partial charge in [0, 0.05) is 26.8 Å². The van der Waals surface area contributed by atoms with Crippen molar-refractivity contribution in [1.82, 2.24) is 4.57 Å². The highest BCUT2D eigenvalue weighted by Crippen LogP contribution is 2.36. The number of hydrogen-bond acceptors (Lipinski definition) is 9. The maximum atomic E-state index is 14.3. The summed E-state index contributed by atoms with van der Waals surface area (Å²) in [7, 11) is 0. The van der Waals surface area contributed by atoms with Crippen LogP contribution in [0.3, 0.4) is 0 Å². The lowest BCUT2D eigenvalue weighted by molar-refractivity contribution is -0.384. The van der Waals surface area contributed by atoms with Gasteiger partial charge in [0.05, 0.1) is 37.0 Å². The van der Waals surface area contributed by atoms with E-state index in [0.717, 1.165) is 12.7 Å². The van der Waals surface area contributed by atoms with E-state index in [-0.39, 0.29) is 36.1 Å². The van der Waals surface area contributed by atoms with Gasteiger partial charge in [0.1, 0.15) is 24.1 Å². The Kier molecular flexibility index (Phi) is 10.6. The number of nitro benzene ring substituents is 1. The number of carbonyl (C=O) groups is 1. The fourth-order valence-electron chi connectivity index (χ4n) is 5.00. The van der Waals surface area contributed by atoms with Gasteiger partial charge in [-0.3, -0.25) is 19.5 Å². The van der Waals surface area contributed by atoms with Gasteiger partial charge in [-0.05, 0) is 115 Å². The zero-order valence-electron chi connectivity index (χ0n) is 25.3. The first-order chi connectivity index (χ1) is 22.0. The van der Waals surface area contributed by atoms with Crippen molar-refractivity contribution in [3.63, 3.8) is 0 Å². The summed E-state index contributed by atoms with van der Waals surface area (Å²) in [4.78, 5) is 43.4. The molecule has 0 unspecified atom stereocenters. The molecule has 0 bridgehead atoms. The average Bonchev–Trinajstić information content (AvgIpc) is 3.30. The molecular formula is C33H29I2N3O7S. The van der Waals surface area contributed by atoms with Crippen molar-refractivity contribution >= 4 is 74.3 Å². The first-order valence-electron chi connectivity index (χ1n) is 14.3. The summed E-state index contributed by atoms with van der Waals surface area (Å²) in [6.07, 6.45) is 1.64. The number of nitrogens with zero attached hydrogens (tertiary/aromatic N) is 3. The summed E-state index contributed by atoms with van der Waals surface area (Å²) < 4.78 is 21.5. The number of aromatic nitrogens is 1. The van der Waals surface area contributed by atoms with Gasteiger partial charge in [-0.15, -0.1) is 0 Å². The van der Waals surface area contributed by atoms with Crippen molar-refractivity contribution in [1.29, 1.82) is 0 Å². The van der Waals surface area contributed by atoms with Crippen LogP contribution >= 0.6 is 56.5 Å². The molecular weight excluding hydrogens is 836 g/mol. The highest BCUT2D eigenvalue weighted by Gasteiger charge is 2.35. The molecule has 0 radical (unpaired) electrons. The highest BCUT2D eigenvalue weighted by atomic mass is 127. The third-order valence-corrected chi connectivity index (χ3v) is 9.35. The SMILES string of the molecule is CCOC(=O)C1=C(C)N=c2s/c(=C\c3cc(I)cc(I)c3OCc3ccc([N+](=O)[O-])cc3)c(=O)n2[C@H]1c1ccccc1OC(C)C. The van der Waals surface area contributed by atoms with Crippen LogP contribution in [0.15, 0.2) is 81.7 Å². The monoisotopic (exact) mass is 865 g/mol. The van der Waals surface area contributed by atoms with Gasteiger partial charge in [-0.25, -0.2) is 9.79 Å². The van der Waals surface area contributed by atoms with E-state index in [1.807, 2.05) is 50.2 Å². The van der Waals surface area contributed by atoms with E-state index >= 15 is 0 Å². The second-order valence-electron chi connectivity index (χ2n) is 10.5. The van der Waals surface area contributed by atoms with Crippen molar-refractivity contribution in [2.45, 2.75) is 46.4 Å². The van der Waals surface area contributed by atoms with Crippen LogP contribution in [-0.2, 0) is 16.1 Å². The van der Waals surface area contributed by atoms with Gasteiger partial charge >= 0.3 is 5.97 Å². The van der Waals surface area contributed by atoms with Gasteiger partial charge in [0.25, 0.3) is 11.2 Å². The second kappa shape index (κ2) is 14.5. The Morgan fingerprint density at radius 1 is 1.15 bits per heavy atom. The van der Waals surface area contributed by atoms with Crippen molar-refractivity contribution in [3.05, 3.63) is 126 Å². The van der Waals surface area contributed by atoms with Crippen LogP contribution in [0.25, 0.3) is 6.08 Å². The first kappa shape index (κ1) is 33.8. The number of benzene rings is 3. The number of carbonyl (C=O) groups excluding carboxylic acids is 1. The maximum Gasteiger partial charge on any atom is 0.338 e. The van der Waals surface area contributed by atoms with Gasteiger partial charge < -0.3 is 14.2 Å². The Hall–Kier alpha value is -3.57. The number of allylic oxidation sites excluding steroid dienone is 1. The molecule has 0 saturated heterocycles. The van der Waals surface area contributed by atoms with Crippen LogP contribution in [0, 0.1) is 17.3 Å². The molecule has 1 atom stereocenters. The molecule has 10 nitrogen and oxygen atoms in total. The van der Waals surface area contributed by atoms with Crippen LogP contribution in [0.5, 0.6) is 11.5 Å². The van der Waals surface area contributed by atoms with Crippen molar-refractivity contribution in [3.8, 4) is 11.5 Å². The normalized spacial score (nSPS) is 14.6. The average molecular weight is 865 g/mol. The fraction of sp³-hybridized carbons (Fsp3) is 0.242. The summed E-state index contributed by atoms with van der Waals surface area (Å²) in [5, 5.41) is 11.0. The smallest absolute Gasteiger partial charge is 0.338 e. The van der Waals surface area contributed by atoms with Gasteiger partial charge in [-0.2, -0.15) is 0 Å². The van der Waals surface area contributed by atoms with Gasteiger partial charge in [0.2, 0.25) is 0 Å². The third kappa shape index (κ3) is 7.20. The van der Waals surface area contributed by atoms with E-state index in [1.54, 1.807) is 32.1 Å². The number of thiazole rings is 1. The Morgan fingerprint density at radius 2 is 1.87 bits per heavy atom. The van der Waals surface area contributed by atoms with E-state index in [4.69, 9.17) is 19.2 Å². The molecule has 2 heterocycles. The predicted octanol–water partition coefficient (Wildman–Crippen LogP) is 6.28. The number of hydrogen-bond donors (Lipinski definition) is 0. The van der Waals surface area contributed by atoms with E-state index in [0.29, 0.717) is 37.7 Å². The summed E-state index contributed by atoms with van der Waals surface area (Å²) in [5.74, 6) is 0.583. The number of nitro groups is 1. The molecule has 1 aliphatic heterocycles. The number of ether oxygens (including phenoxy) is 3. The zero-order chi connectivity index (χ0) is 33.1. The number of fused-ring (bicyclic) bond motifs is 1. The van der Waals surface area contributed by atoms with Crippen LogP contribution in [0.4, 0.5) is 5.69 Å². The zero-order valence-corrected chi connectivity index (χ0v) is 30.4. The standard InChI is InChI=1S/C33H29I2N3O7S/c1-5-43-32(40)28-19(4)36-33-37(29(28)24-8-6-7-9-26(24)45-18(2)3)31(39)27(46-33)15-21-14-22(34)16-25(35)30(21)44-17-20-10-12-23(13-11-20)38(41)42/h6-16,18,29H,5,17H2,1-4H3/b27-15-/t29-/m0/s1. The van der Waals surface area contributed by atoms with Crippen molar-refractivity contribution in [2.24, 2.45) is 4.99 Å². The second-order valence-corrected chi connectivity index (χ2v) is 13.9. The minimum atomic E-state index is -0.818. The number of para-hydroxylation sites is 1. The largest absolute Gasteiger partial charge is 0.491 e. The first-order valence-corrected chi connectivity index (χ1v) is 17.3. The molecule has 1 aliphatic rings. The lowest BCUT2D eigenvalue weighted by atomic mass is 9.95. The molecule has 4 aromatic rings. The number of esters is 1. The minimum Gasteiger partial charge on any atom is -0.491 e. The van der Waals surface area contributed by atoms with Crippen LogP contribution in [-0.4, -0.2) is 28.2 Å². The fourth-order valence-corrected chi connectivity index (χ4v) is 8.09. The summed E-state index contributed by atoms with van der Waals surface area (Å²) in [6, 6.07) is 16.6. The molecule has 0 N–H and O–H groups in total. The predicted molar refractivity (Wildman–Crippen MR) is 192 cm³/mol. The summed E-state index contributed by atoms with van der Waals surface area (Å²) in [5.41, 5.74) is 2.51. The summed E-state index contributed by atoms with van der Waals surface area (Å²) in [6.45, 7) is 7.65. The van der Waals surface area contributed by atoms with Crippen LogP contribution in [0.2, 0.25) is 0 Å². The summed E-state index contributed by atoms with van der Waals surface area (Å²) >= 11 is 5.63. The molecule has 1 aromatic heterocycles. The molecule has 0 fully saturated rings. The molecule has 0 saturated carbocycles. The molecule has 0 amide bonds. The molecule has 0 aliphatic carbocycles. The van der Waals surface area contributed by atoms with E-state index in [9.17, 15) is 19.7 Å². The Bertz CT molecular complexity index is 2040. The van der Waals surface area contributed by atoms with Gasteiger partial charge in [0.15, 0.2) is 4.80 Å². The molecule has 3 aromatic carbocycles. The van der Waals surface area contributed by atoms with Crippen LogP contribution < -0.4 is 24.4 Å². The van der Waals surface area contributed by atoms with E-state index < -0.39 is 16.9 Å². The third-order valence-electron chi connectivity index (χ3n) is 6.95. The van der Waals surface area contributed by atoms with Gasteiger partial charge in [-0.1, -0.05) is 29.5 Å². The Labute approximate surface area is 295 Å². The molecule has 13 heteroatoms. The maximum absolute atomic E-state index is 14.3. The minimum absolute atomic E-state index is 0.00158. The lowest BCUT2D eigenvalue weighted by Gasteiger charge is -2.26. The molecule has 238 valence electrons. The van der Waals surface area contributed by atoms with Crippen molar-refractivity contribution < 1.29 is 23.9 Å². The Balaban J connectivity index is 1.64. The number of rotatable bonds is 10. The van der Waals surface area contributed by atoms with E-state index in [2.05, 4.69) is 45.2 Å². The highest BCUT2D eigenvalue weighted by molar-refractivity contribution is 14.1. The van der Waals surface area contributed by atoms with E-state index in [1.165, 1.54) is 28.0 Å². The topological polar surface area (TPSA) is 122 Å². The number of halogens is 2. The van der Waals surface area contributed by atoms with Crippen LogP contribution in [0.1, 0.15) is 50.4 Å². The Morgan fingerprint density at radius 3 is 2.54 bits per heavy atom. The lowest BCUT2D eigenvalue weighted by Crippen LogP contribution is -2.40. The quantitative estimate of drug-likeness (QED) is 0.0797. The number of non-ortho nitro benzene ring substituents is 1. The molecule has 0 spiro atoms.